The molecule has 5 nitrogen and oxygen atoms in total. The molecule has 0 saturated heterocycles. The average Bonchev–Trinajstić information content (AvgIpc) is 1.94. The summed E-state index contributed by atoms with van der Waals surface area (Å²) in [5.74, 6) is 0. The first-order valence-electron chi connectivity index (χ1n) is 31.5. The topological polar surface area (TPSA) is 45.2 Å². The molecule has 1 fully saturated rings. The molecular formula is C85H73N5. The number of aromatic nitrogens is 3. The molecule has 1 saturated carbocycles. The highest BCUT2D eigenvalue weighted by atomic mass is 15.1. The molecule has 3 heterocycles. The molecule has 0 spiro atoms. The molecule has 438 valence electrons. The number of pyridine rings is 3. The Morgan fingerprint density at radius 1 is 0.244 bits per heavy atom. The van der Waals surface area contributed by atoms with E-state index in [1.54, 1.807) is 0 Å². The molecule has 0 N–H and O–H groups in total. The average molecular weight is 1160 g/mol. The number of hydrogen-bond acceptors (Lipinski definition) is 5. The Labute approximate surface area is 531 Å². The van der Waals surface area contributed by atoms with E-state index in [4.69, 9.17) is 0 Å². The second-order valence-corrected chi connectivity index (χ2v) is 24.0. The molecule has 0 radical (unpaired) electrons. The van der Waals surface area contributed by atoms with Crippen molar-refractivity contribution in [2.45, 2.75) is 65.2 Å². The van der Waals surface area contributed by atoms with Gasteiger partial charge >= 0.3 is 0 Å². The maximum atomic E-state index is 4.33. The van der Waals surface area contributed by atoms with Crippen LogP contribution in [0.5, 0.6) is 0 Å². The zero-order valence-corrected chi connectivity index (χ0v) is 51.7. The first-order valence-corrected chi connectivity index (χ1v) is 31.5. The van der Waals surface area contributed by atoms with Gasteiger partial charge in [0.2, 0.25) is 0 Å². The van der Waals surface area contributed by atoms with Crippen molar-refractivity contribution >= 4 is 34.1 Å². The van der Waals surface area contributed by atoms with E-state index in [1.807, 2.05) is 55.4 Å². The van der Waals surface area contributed by atoms with E-state index in [9.17, 15) is 0 Å². The van der Waals surface area contributed by atoms with E-state index in [2.05, 4.69) is 307 Å². The van der Waals surface area contributed by atoms with Gasteiger partial charge in [-0.05, 0) is 229 Å². The van der Waals surface area contributed by atoms with Crippen molar-refractivity contribution in [3.63, 3.8) is 0 Å². The summed E-state index contributed by atoms with van der Waals surface area (Å²) < 4.78 is 0. The molecule has 14 rings (SSSR count). The van der Waals surface area contributed by atoms with Gasteiger partial charge in [0, 0.05) is 93.4 Å². The van der Waals surface area contributed by atoms with E-state index in [0.29, 0.717) is 0 Å². The molecule has 90 heavy (non-hydrogen) atoms. The van der Waals surface area contributed by atoms with Gasteiger partial charge in [-0.1, -0.05) is 187 Å². The van der Waals surface area contributed by atoms with Gasteiger partial charge < -0.3 is 9.80 Å². The van der Waals surface area contributed by atoms with Gasteiger partial charge in [-0.2, -0.15) is 0 Å². The van der Waals surface area contributed by atoms with Gasteiger partial charge in [0.05, 0.1) is 0 Å². The fourth-order valence-electron chi connectivity index (χ4n) is 12.8. The first kappa shape index (κ1) is 58.3. The molecular weight excluding hydrogens is 1090 g/mol. The van der Waals surface area contributed by atoms with Gasteiger partial charge in [0.25, 0.3) is 0 Å². The zero-order chi connectivity index (χ0) is 61.2. The molecule has 0 amide bonds. The Hall–Kier alpha value is -10.8. The lowest BCUT2D eigenvalue weighted by Crippen LogP contribution is -2.30. The summed E-state index contributed by atoms with van der Waals surface area (Å²) in [6.07, 6.45) is 17.3. The number of anilines is 6. The molecule has 0 unspecified atom stereocenters. The van der Waals surface area contributed by atoms with Crippen molar-refractivity contribution in [2.75, 3.05) is 9.80 Å². The molecule has 1 aliphatic rings. The number of nitrogens with zero attached hydrogens (tertiary/aromatic N) is 5. The predicted molar refractivity (Wildman–Crippen MR) is 378 cm³/mol. The minimum absolute atomic E-state index is 0.00636. The van der Waals surface area contributed by atoms with E-state index in [-0.39, 0.29) is 5.41 Å². The van der Waals surface area contributed by atoms with Gasteiger partial charge in [-0.25, -0.2) is 0 Å². The van der Waals surface area contributed by atoms with Crippen LogP contribution in [-0.4, -0.2) is 15.0 Å². The van der Waals surface area contributed by atoms with E-state index >= 15 is 0 Å². The summed E-state index contributed by atoms with van der Waals surface area (Å²) in [6, 6.07) is 99.5. The number of rotatable bonds is 14. The van der Waals surface area contributed by atoms with Gasteiger partial charge in [-0.3, -0.25) is 15.0 Å². The minimum Gasteiger partial charge on any atom is -0.311 e. The predicted octanol–water partition coefficient (Wildman–Crippen LogP) is 23.0. The Kier molecular flexibility index (Phi) is 17.3. The summed E-state index contributed by atoms with van der Waals surface area (Å²) in [6.45, 7) is 8.59. The van der Waals surface area contributed by atoms with Crippen LogP contribution in [0.25, 0.3) is 66.8 Å². The lowest BCUT2D eigenvalue weighted by molar-refractivity contribution is 0.346. The van der Waals surface area contributed by atoms with Crippen LogP contribution < -0.4 is 9.80 Å². The summed E-state index contributed by atoms with van der Waals surface area (Å²) in [4.78, 5) is 17.7. The van der Waals surface area contributed by atoms with Crippen molar-refractivity contribution in [1.29, 1.82) is 0 Å². The SMILES string of the molecule is Cc1ccc(N(c2ccc(C)cc2)c2ccc(C3(c4ccc(N(c5ccc(C)cc5)c5ccc(C)cc5)cc4)CCCCC3)cc2)cc1.c1cncc(-c2cccc(-c3cc(-c4cccc(-c5cccnc5)c4)cc(-c4cccc(-c5cccnc5)c4)c3)c2)c1. The molecule has 5 heteroatoms. The summed E-state index contributed by atoms with van der Waals surface area (Å²) in [7, 11) is 0. The van der Waals surface area contributed by atoms with Crippen LogP contribution in [0.4, 0.5) is 34.1 Å². The van der Waals surface area contributed by atoms with Crippen molar-refractivity contribution < 1.29 is 0 Å². The molecule has 3 aromatic heterocycles. The van der Waals surface area contributed by atoms with Crippen LogP contribution >= 0.6 is 0 Å². The molecule has 0 aliphatic heterocycles. The standard InChI is InChI=1S/C46H46N2.C39H27N3/c1-34-8-20-40(21-9-34)47(41-22-10-35(2)11-23-41)44-28-16-38(17-29-44)46(32-6-5-7-33-46)39-18-30-45(31-19-39)48(42-24-12-36(3)13-25-42)43-26-14-37(4)15-27-43;1-7-28(34-13-4-16-40-25-34)19-31(10-1)37-22-38(32-11-2-8-29(20-32)35-14-5-17-41-26-35)24-39(23-37)33-12-3-9-30(21-33)36-15-6-18-42-27-36/h8-31H,5-7,32-33H2,1-4H3;1-27H. The fourth-order valence-corrected chi connectivity index (χ4v) is 12.8. The Morgan fingerprint density at radius 3 is 0.733 bits per heavy atom. The second-order valence-electron chi connectivity index (χ2n) is 24.0. The third-order valence-electron chi connectivity index (χ3n) is 17.7. The third kappa shape index (κ3) is 13.1. The maximum absolute atomic E-state index is 4.33. The molecule has 10 aromatic carbocycles. The normalized spacial score (nSPS) is 12.5. The Balaban J connectivity index is 0.000000167. The van der Waals surface area contributed by atoms with Crippen molar-refractivity contribution in [2.24, 2.45) is 0 Å². The maximum Gasteiger partial charge on any atom is 0.0461 e. The van der Waals surface area contributed by atoms with Gasteiger partial charge in [0.15, 0.2) is 0 Å². The molecule has 0 bridgehead atoms. The van der Waals surface area contributed by atoms with Crippen LogP contribution in [0, 0.1) is 27.7 Å². The Morgan fingerprint density at radius 2 is 0.478 bits per heavy atom. The summed E-state index contributed by atoms with van der Waals surface area (Å²) >= 11 is 0. The van der Waals surface area contributed by atoms with Gasteiger partial charge in [-0.15, -0.1) is 0 Å². The van der Waals surface area contributed by atoms with Crippen LogP contribution in [0.1, 0.15) is 65.5 Å². The highest BCUT2D eigenvalue weighted by molar-refractivity contribution is 5.86. The second kappa shape index (κ2) is 26.7. The van der Waals surface area contributed by atoms with E-state index in [0.717, 1.165) is 66.8 Å². The van der Waals surface area contributed by atoms with Crippen molar-refractivity contribution in [1.82, 2.24) is 15.0 Å². The van der Waals surface area contributed by atoms with Crippen LogP contribution in [0.2, 0.25) is 0 Å². The molecule has 13 aromatic rings. The highest BCUT2D eigenvalue weighted by Gasteiger charge is 2.36. The first-order chi connectivity index (χ1) is 44.2. The van der Waals surface area contributed by atoms with E-state index < -0.39 is 0 Å². The van der Waals surface area contributed by atoms with Crippen molar-refractivity contribution in [3.05, 3.63) is 344 Å². The monoisotopic (exact) mass is 1160 g/mol. The lowest BCUT2D eigenvalue weighted by atomic mass is 9.65. The Bertz CT molecular complexity index is 4010. The van der Waals surface area contributed by atoms with Crippen LogP contribution in [0.15, 0.2) is 310 Å². The minimum atomic E-state index is 0.00636. The fraction of sp³-hybridized carbons (Fsp3) is 0.118. The molecule has 1 aliphatic carbocycles. The number of hydrogen-bond donors (Lipinski definition) is 0. The lowest BCUT2D eigenvalue weighted by Gasteiger charge is -2.39. The zero-order valence-electron chi connectivity index (χ0n) is 51.7. The van der Waals surface area contributed by atoms with Crippen LogP contribution in [-0.2, 0) is 5.41 Å². The quantitative estimate of drug-likeness (QED) is 0.109. The summed E-state index contributed by atoms with van der Waals surface area (Å²) in [5.41, 5.74) is 28.6. The number of aryl methyl sites for hydroxylation is 4. The summed E-state index contributed by atoms with van der Waals surface area (Å²) in [5, 5.41) is 0. The van der Waals surface area contributed by atoms with Gasteiger partial charge in [0.1, 0.15) is 0 Å². The number of benzene rings is 10. The largest absolute Gasteiger partial charge is 0.311 e. The van der Waals surface area contributed by atoms with Crippen molar-refractivity contribution in [3.8, 4) is 66.8 Å². The molecule has 0 atom stereocenters. The van der Waals surface area contributed by atoms with Crippen LogP contribution in [0.3, 0.4) is 0 Å². The smallest absolute Gasteiger partial charge is 0.0461 e. The van der Waals surface area contributed by atoms with E-state index in [1.165, 1.54) is 99.6 Å². The third-order valence-corrected chi connectivity index (χ3v) is 17.7. The highest BCUT2D eigenvalue weighted by Crippen LogP contribution is 2.48.